The second-order valence-electron chi connectivity index (χ2n) is 5.66. The van der Waals surface area contributed by atoms with E-state index in [1.165, 1.54) is 12.1 Å². The molecule has 1 heterocycles. The number of aliphatic hydroxyl groups excluding tert-OH is 1. The number of aliphatic hydroxyl groups is 2. The average Bonchev–Trinajstić information content (AvgIpc) is 2.71. The summed E-state index contributed by atoms with van der Waals surface area (Å²) in [5.41, 5.74) is -0.529. The first kappa shape index (κ1) is 12.5. The first-order valence-electron chi connectivity index (χ1n) is 6.70. The van der Waals surface area contributed by atoms with E-state index >= 15 is 0 Å². The molecule has 3 aliphatic rings. The zero-order chi connectivity index (χ0) is 14.8. The highest BCUT2D eigenvalue weighted by Crippen LogP contribution is 2.40. The minimum atomic E-state index is -1.26. The molecule has 1 aromatic rings. The number of aromatic hydroxyl groups is 2. The molecule has 0 amide bonds. The molecule has 5 heteroatoms. The van der Waals surface area contributed by atoms with Crippen molar-refractivity contribution in [1.82, 2.24) is 0 Å². The van der Waals surface area contributed by atoms with Crippen LogP contribution in [0.1, 0.15) is 0 Å². The monoisotopic (exact) mass is 286 g/mol. The molecule has 1 saturated heterocycles. The molecule has 0 radical (unpaired) electrons. The van der Waals surface area contributed by atoms with E-state index in [4.69, 9.17) is 4.74 Å². The lowest BCUT2D eigenvalue weighted by Crippen LogP contribution is -2.46. The third kappa shape index (κ3) is 1.65. The molecule has 1 aromatic carbocycles. The lowest BCUT2D eigenvalue weighted by molar-refractivity contribution is -0.0336. The van der Waals surface area contributed by atoms with E-state index in [0.717, 1.165) is 5.57 Å². The summed E-state index contributed by atoms with van der Waals surface area (Å²) in [6, 6.07) is 2.89. The van der Waals surface area contributed by atoms with Crippen molar-refractivity contribution in [2.24, 2.45) is 5.92 Å². The van der Waals surface area contributed by atoms with E-state index in [2.05, 4.69) is 0 Å². The standard InChI is InChI=1S/C16H14O5/c17-9-1-2-10-14(4-9)21-7-16(20)6-8-3-12(18)13(19)5-11(8)15(10)16/h1-6,10,14,17-20H,7H2. The number of hydrogen-bond donors (Lipinski definition) is 4. The number of phenols is 2. The number of hydrogen-bond acceptors (Lipinski definition) is 5. The fraction of sp³-hybridized carbons (Fsp3) is 0.250. The molecule has 1 aliphatic heterocycles. The number of rotatable bonds is 0. The van der Waals surface area contributed by atoms with Gasteiger partial charge in [-0.1, -0.05) is 6.08 Å². The Morgan fingerprint density at radius 1 is 1.14 bits per heavy atom. The van der Waals surface area contributed by atoms with Gasteiger partial charge in [-0.3, -0.25) is 0 Å². The maximum Gasteiger partial charge on any atom is 0.158 e. The normalized spacial score (nSPS) is 32.8. The van der Waals surface area contributed by atoms with Crippen molar-refractivity contribution in [1.29, 1.82) is 0 Å². The van der Waals surface area contributed by atoms with Crippen LogP contribution in [0, 0.1) is 5.92 Å². The van der Waals surface area contributed by atoms with Crippen molar-refractivity contribution in [3.63, 3.8) is 0 Å². The molecule has 21 heavy (non-hydrogen) atoms. The van der Waals surface area contributed by atoms with Crippen molar-refractivity contribution in [2.75, 3.05) is 6.61 Å². The van der Waals surface area contributed by atoms with Gasteiger partial charge in [-0.05, 0) is 46.4 Å². The van der Waals surface area contributed by atoms with Gasteiger partial charge in [-0.15, -0.1) is 0 Å². The van der Waals surface area contributed by atoms with E-state index in [9.17, 15) is 20.4 Å². The highest BCUT2D eigenvalue weighted by atomic mass is 16.5. The van der Waals surface area contributed by atoms with Gasteiger partial charge in [0.05, 0.1) is 12.7 Å². The first-order valence-corrected chi connectivity index (χ1v) is 6.70. The van der Waals surface area contributed by atoms with E-state index < -0.39 is 5.60 Å². The van der Waals surface area contributed by atoms with Crippen molar-refractivity contribution in [3.05, 3.63) is 46.6 Å². The Balaban J connectivity index is 2.00. The van der Waals surface area contributed by atoms with Gasteiger partial charge in [0.1, 0.15) is 11.4 Å². The van der Waals surface area contributed by atoms with Crippen LogP contribution in [-0.2, 0) is 4.74 Å². The molecular weight excluding hydrogens is 272 g/mol. The molecule has 0 saturated carbocycles. The summed E-state index contributed by atoms with van der Waals surface area (Å²) in [7, 11) is 0. The number of allylic oxidation sites excluding steroid dienone is 1. The van der Waals surface area contributed by atoms with Gasteiger partial charge in [0.2, 0.25) is 0 Å². The SMILES string of the molecule is OC1=CC2OCC3(O)C=c4cc(O)c(O)cc4=C3C2C=C1. The second kappa shape index (κ2) is 3.90. The Kier molecular flexibility index (Phi) is 2.32. The molecule has 1 fully saturated rings. The molecule has 4 N–H and O–H groups in total. The molecule has 4 rings (SSSR count). The Morgan fingerprint density at radius 2 is 1.90 bits per heavy atom. The second-order valence-corrected chi connectivity index (χ2v) is 5.66. The fourth-order valence-corrected chi connectivity index (χ4v) is 3.38. The third-order valence-corrected chi connectivity index (χ3v) is 4.29. The topological polar surface area (TPSA) is 90.2 Å². The maximum atomic E-state index is 10.8. The minimum absolute atomic E-state index is 0.0668. The Labute approximate surface area is 120 Å². The molecular formula is C16H14O5. The van der Waals surface area contributed by atoms with Crippen LogP contribution in [0.2, 0.25) is 0 Å². The van der Waals surface area contributed by atoms with Gasteiger partial charge in [-0.25, -0.2) is 0 Å². The first-order chi connectivity index (χ1) is 9.98. The summed E-state index contributed by atoms with van der Waals surface area (Å²) >= 11 is 0. The number of ether oxygens (including phenoxy) is 1. The van der Waals surface area contributed by atoms with Crippen LogP contribution < -0.4 is 10.4 Å². The third-order valence-electron chi connectivity index (χ3n) is 4.29. The van der Waals surface area contributed by atoms with Crippen molar-refractivity contribution in [3.8, 4) is 11.5 Å². The molecule has 2 aliphatic carbocycles. The summed E-state index contributed by atoms with van der Waals surface area (Å²) in [5.74, 6) is -0.527. The van der Waals surface area contributed by atoms with Gasteiger partial charge >= 0.3 is 0 Å². The van der Waals surface area contributed by atoms with Crippen LogP contribution in [0.4, 0.5) is 0 Å². The lowest BCUT2D eigenvalue weighted by atomic mass is 9.78. The molecule has 5 nitrogen and oxygen atoms in total. The zero-order valence-corrected chi connectivity index (χ0v) is 11.0. The van der Waals surface area contributed by atoms with Crippen LogP contribution in [-0.4, -0.2) is 38.7 Å². The van der Waals surface area contributed by atoms with Gasteiger partial charge in [0.25, 0.3) is 0 Å². The molecule has 3 unspecified atom stereocenters. The number of phenolic OH excluding ortho intramolecular Hbond substituents is 2. The summed E-state index contributed by atoms with van der Waals surface area (Å²) < 4.78 is 5.65. The van der Waals surface area contributed by atoms with Crippen LogP contribution in [0.5, 0.6) is 11.5 Å². The Bertz CT molecular complexity index is 820. The van der Waals surface area contributed by atoms with Gasteiger partial charge in [-0.2, -0.15) is 0 Å². The highest BCUT2D eigenvalue weighted by molar-refractivity contribution is 5.76. The molecule has 0 aromatic heterocycles. The predicted octanol–water partition coefficient (Wildman–Crippen LogP) is -0.200. The van der Waals surface area contributed by atoms with Gasteiger partial charge in [0.15, 0.2) is 11.5 Å². The fourth-order valence-electron chi connectivity index (χ4n) is 3.38. The van der Waals surface area contributed by atoms with Gasteiger partial charge in [0, 0.05) is 5.92 Å². The molecule has 3 atom stereocenters. The quantitative estimate of drug-likeness (QED) is 0.496. The van der Waals surface area contributed by atoms with E-state index in [-0.39, 0.29) is 35.9 Å². The molecule has 0 bridgehead atoms. The van der Waals surface area contributed by atoms with E-state index in [1.807, 2.05) is 0 Å². The number of benzene rings is 1. The number of fused-ring (bicyclic) bond motifs is 4. The minimum Gasteiger partial charge on any atom is -0.508 e. The Morgan fingerprint density at radius 3 is 2.71 bits per heavy atom. The van der Waals surface area contributed by atoms with Gasteiger partial charge < -0.3 is 25.2 Å². The highest BCUT2D eigenvalue weighted by Gasteiger charge is 2.45. The predicted molar refractivity (Wildman–Crippen MR) is 74.9 cm³/mol. The summed E-state index contributed by atoms with van der Waals surface area (Å²) in [5, 5.41) is 41.1. The van der Waals surface area contributed by atoms with Crippen molar-refractivity contribution < 1.29 is 25.2 Å². The molecule has 0 spiro atoms. The van der Waals surface area contributed by atoms with Crippen LogP contribution in [0.25, 0.3) is 11.6 Å². The largest absolute Gasteiger partial charge is 0.508 e. The molecule has 108 valence electrons. The smallest absolute Gasteiger partial charge is 0.158 e. The van der Waals surface area contributed by atoms with E-state index in [1.54, 1.807) is 24.3 Å². The van der Waals surface area contributed by atoms with Crippen molar-refractivity contribution >= 4 is 11.6 Å². The van der Waals surface area contributed by atoms with Crippen molar-refractivity contribution in [2.45, 2.75) is 11.7 Å². The Hall–Kier alpha value is -2.24. The van der Waals surface area contributed by atoms with Crippen LogP contribution in [0.15, 0.2) is 36.1 Å². The summed E-state index contributed by atoms with van der Waals surface area (Å²) in [6.45, 7) is 0.0668. The van der Waals surface area contributed by atoms with E-state index in [0.29, 0.717) is 10.4 Å². The summed E-state index contributed by atoms with van der Waals surface area (Å²) in [4.78, 5) is 0. The average molecular weight is 286 g/mol. The maximum absolute atomic E-state index is 10.8. The van der Waals surface area contributed by atoms with Crippen LogP contribution in [0.3, 0.4) is 0 Å². The van der Waals surface area contributed by atoms with Crippen LogP contribution >= 0.6 is 0 Å². The zero-order valence-electron chi connectivity index (χ0n) is 11.0. The summed E-state index contributed by atoms with van der Waals surface area (Å²) in [6.07, 6.45) is 6.25. The lowest BCUT2D eigenvalue weighted by Gasteiger charge is -2.40.